The summed E-state index contributed by atoms with van der Waals surface area (Å²) in [5, 5.41) is 3.32. The minimum atomic E-state index is -0.191. The van der Waals surface area contributed by atoms with E-state index in [1.807, 2.05) is 20.0 Å². The van der Waals surface area contributed by atoms with Crippen LogP contribution < -0.4 is 5.32 Å². The molecule has 0 saturated heterocycles. The van der Waals surface area contributed by atoms with Crippen molar-refractivity contribution >= 4 is 0 Å². The zero-order valence-electron chi connectivity index (χ0n) is 11.7. The van der Waals surface area contributed by atoms with Crippen molar-refractivity contribution in [1.82, 2.24) is 5.32 Å². The summed E-state index contributed by atoms with van der Waals surface area (Å²) < 4.78 is 18.7. The van der Waals surface area contributed by atoms with E-state index < -0.39 is 0 Å². The van der Waals surface area contributed by atoms with Crippen molar-refractivity contribution in [3.63, 3.8) is 0 Å². The van der Waals surface area contributed by atoms with Gasteiger partial charge in [0.2, 0.25) is 0 Å². The fourth-order valence-corrected chi connectivity index (χ4v) is 2.84. The van der Waals surface area contributed by atoms with Gasteiger partial charge in [-0.25, -0.2) is 4.39 Å². The van der Waals surface area contributed by atoms with Gasteiger partial charge in [-0.2, -0.15) is 0 Å². The summed E-state index contributed by atoms with van der Waals surface area (Å²) in [6.07, 6.45) is 0. The van der Waals surface area contributed by atoms with E-state index in [-0.39, 0.29) is 11.9 Å². The molecule has 104 valence electrons. The lowest BCUT2D eigenvalue weighted by Crippen LogP contribution is -2.19. The summed E-state index contributed by atoms with van der Waals surface area (Å²) in [4.78, 5) is 0. The maximum absolute atomic E-state index is 13.3. The molecular weight excluding hydrogens is 253 g/mol. The third-order valence-electron chi connectivity index (χ3n) is 3.91. The average molecular weight is 271 g/mol. The van der Waals surface area contributed by atoms with Gasteiger partial charge in [-0.3, -0.25) is 0 Å². The zero-order chi connectivity index (χ0) is 14.1. The number of nitrogens with one attached hydrogen (secondary N) is 1. The number of hydrogen-bond acceptors (Lipinski definition) is 2. The molecule has 0 spiro atoms. The number of halogens is 1. The highest BCUT2D eigenvalue weighted by molar-refractivity contribution is 5.41. The normalized spacial score (nSPS) is 15.2. The molecule has 1 N–H and O–H groups in total. The van der Waals surface area contributed by atoms with Crippen molar-refractivity contribution in [2.24, 2.45) is 0 Å². The second kappa shape index (κ2) is 5.35. The summed E-state index contributed by atoms with van der Waals surface area (Å²) >= 11 is 0. The van der Waals surface area contributed by atoms with Gasteiger partial charge >= 0.3 is 0 Å². The van der Waals surface area contributed by atoms with Gasteiger partial charge < -0.3 is 10.1 Å². The minimum Gasteiger partial charge on any atom is -0.372 e. The summed E-state index contributed by atoms with van der Waals surface area (Å²) in [5.74, 6) is -0.191. The van der Waals surface area contributed by atoms with E-state index in [4.69, 9.17) is 4.74 Å². The molecule has 0 amide bonds. The molecule has 3 rings (SSSR count). The van der Waals surface area contributed by atoms with Gasteiger partial charge in [0.25, 0.3) is 0 Å². The first-order valence-corrected chi connectivity index (χ1v) is 6.82. The van der Waals surface area contributed by atoms with Crippen molar-refractivity contribution in [3.8, 4) is 0 Å². The third kappa shape index (κ3) is 2.35. The quantitative estimate of drug-likeness (QED) is 0.923. The van der Waals surface area contributed by atoms with Gasteiger partial charge in [0.1, 0.15) is 5.82 Å². The molecule has 0 fully saturated rings. The second-order valence-electron chi connectivity index (χ2n) is 5.24. The van der Waals surface area contributed by atoms with Gasteiger partial charge in [0.15, 0.2) is 0 Å². The first-order valence-electron chi connectivity index (χ1n) is 6.82. The third-order valence-corrected chi connectivity index (χ3v) is 3.91. The Hall–Kier alpha value is -1.71. The molecule has 0 aromatic heterocycles. The first kappa shape index (κ1) is 13.3. The molecular formula is C17H18FNO. The molecule has 2 aromatic carbocycles. The van der Waals surface area contributed by atoms with Crippen LogP contribution >= 0.6 is 0 Å². The van der Waals surface area contributed by atoms with Crippen LogP contribution in [0.3, 0.4) is 0 Å². The fourth-order valence-electron chi connectivity index (χ4n) is 2.84. The van der Waals surface area contributed by atoms with Crippen LogP contribution in [-0.2, 0) is 18.0 Å². The van der Waals surface area contributed by atoms with E-state index in [9.17, 15) is 4.39 Å². The Morgan fingerprint density at radius 1 is 1.10 bits per heavy atom. The molecule has 2 nitrogen and oxygen atoms in total. The number of rotatable bonds is 3. The Labute approximate surface area is 118 Å². The molecule has 0 radical (unpaired) electrons. The van der Waals surface area contributed by atoms with Gasteiger partial charge in [-0.15, -0.1) is 0 Å². The number of benzene rings is 2. The van der Waals surface area contributed by atoms with Crippen molar-refractivity contribution in [1.29, 1.82) is 0 Å². The van der Waals surface area contributed by atoms with Crippen LogP contribution in [0.5, 0.6) is 0 Å². The Balaban J connectivity index is 2.01. The molecule has 0 bridgehead atoms. The van der Waals surface area contributed by atoms with E-state index in [1.165, 1.54) is 22.8 Å². The van der Waals surface area contributed by atoms with Crippen LogP contribution in [0.25, 0.3) is 0 Å². The topological polar surface area (TPSA) is 21.3 Å². The highest BCUT2D eigenvalue weighted by atomic mass is 19.1. The second-order valence-corrected chi connectivity index (χ2v) is 5.24. The lowest BCUT2D eigenvalue weighted by atomic mass is 9.93. The smallest absolute Gasteiger partial charge is 0.123 e. The SMILES string of the molecule is CNC(c1ccc2c(c1)COC2)c1ccc(F)cc1C. The van der Waals surface area contributed by atoms with E-state index in [1.54, 1.807) is 6.07 Å². The monoisotopic (exact) mass is 271 g/mol. The van der Waals surface area contributed by atoms with E-state index in [0.29, 0.717) is 13.2 Å². The van der Waals surface area contributed by atoms with Gasteiger partial charge in [-0.1, -0.05) is 24.3 Å². The Kier molecular flexibility index (Phi) is 3.55. The maximum Gasteiger partial charge on any atom is 0.123 e. The molecule has 0 saturated carbocycles. The molecule has 3 heteroatoms. The zero-order valence-corrected chi connectivity index (χ0v) is 11.7. The molecule has 2 aromatic rings. The predicted molar refractivity (Wildman–Crippen MR) is 77.0 cm³/mol. The number of ether oxygens (including phenoxy) is 1. The molecule has 1 aliphatic rings. The fraction of sp³-hybridized carbons (Fsp3) is 0.294. The number of aryl methyl sites for hydroxylation is 1. The molecule has 1 unspecified atom stereocenters. The Morgan fingerprint density at radius 2 is 1.90 bits per heavy atom. The van der Waals surface area contributed by atoms with Crippen molar-refractivity contribution in [2.75, 3.05) is 7.05 Å². The van der Waals surface area contributed by atoms with Crippen LogP contribution in [0.4, 0.5) is 4.39 Å². The largest absolute Gasteiger partial charge is 0.372 e. The molecule has 0 aliphatic carbocycles. The number of fused-ring (bicyclic) bond motifs is 1. The van der Waals surface area contributed by atoms with Gasteiger partial charge in [0, 0.05) is 0 Å². The van der Waals surface area contributed by atoms with Crippen molar-refractivity contribution in [3.05, 3.63) is 70.0 Å². The summed E-state index contributed by atoms with van der Waals surface area (Å²) in [6.45, 7) is 3.33. The Morgan fingerprint density at radius 3 is 2.65 bits per heavy atom. The van der Waals surface area contributed by atoms with Gasteiger partial charge in [-0.05, 0) is 53.9 Å². The minimum absolute atomic E-state index is 0.0708. The van der Waals surface area contributed by atoms with Crippen LogP contribution in [-0.4, -0.2) is 7.05 Å². The molecule has 1 atom stereocenters. The Bertz CT molecular complexity index is 639. The van der Waals surface area contributed by atoms with E-state index in [0.717, 1.165) is 11.1 Å². The van der Waals surface area contributed by atoms with Gasteiger partial charge in [0.05, 0.1) is 19.3 Å². The van der Waals surface area contributed by atoms with E-state index in [2.05, 4.69) is 23.5 Å². The van der Waals surface area contributed by atoms with Crippen LogP contribution in [0.2, 0.25) is 0 Å². The molecule has 20 heavy (non-hydrogen) atoms. The lowest BCUT2D eigenvalue weighted by molar-refractivity contribution is 0.134. The van der Waals surface area contributed by atoms with Crippen LogP contribution in [0.1, 0.15) is 33.9 Å². The van der Waals surface area contributed by atoms with Crippen LogP contribution in [0.15, 0.2) is 36.4 Å². The van der Waals surface area contributed by atoms with Crippen molar-refractivity contribution in [2.45, 2.75) is 26.2 Å². The lowest BCUT2D eigenvalue weighted by Gasteiger charge is -2.20. The standard InChI is InChI=1S/C17H18FNO/c1-11-7-15(18)5-6-16(11)17(19-2)12-3-4-13-9-20-10-14(13)8-12/h3-8,17,19H,9-10H2,1-2H3. The highest BCUT2D eigenvalue weighted by Crippen LogP contribution is 2.29. The van der Waals surface area contributed by atoms with Crippen molar-refractivity contribution < 1.29 is 9.13 Å². The molecule has 1 aliphatic heterocycles. The molecule has 1 heterocycles. The predicted octanol–water partition coefficient (Wildman–Crippen LogP) is 3.47. The first-order chi connectivity index (χ1) is 9.69. The average Bonchev–Trinajstić information content (AvgIpc) is 2.89. The highest BCUT2D eigenvalue weighted by Gasteiger charge is 2.18. The van der Waals surface area contributed by atoms with E-state index >= 15 is 0 Å². The maximum atomic E-state index is 13.3. The summed E-state index contributed by atoms with van der Waals surface area (Å²) in [6, 6.07) is 11.5. The number of hydrogen-bond donors (Lipinski definition) is 1. The summed E-state index contributed by atoms with van der Waals surface area (Å²) in [7, 11) is 1.93. The summed E-state index contributed by atoms with van der Waals surface area (Å²) in [5.41, 5.74) is 5.77. The van der Waals surface area contributed by atoms with Crippen LogP contribution in [0, 0.1) is 12.7 Å².